The lowest BCUT2D eigenvalue weighted by Crippen LogP contribution is -2.36. The number of alkyl halides is 2. The van der Waals surface area contributed by atoms with E-state index in [-0.39, 0.29) is 12.2 Å². The molecule has 0 N–H and O–H groups in total. The highest BCUT2D eigenvalue weighted by molar-refractivity contribution is 7.86. The van der Waals surface area contributed by atoms with E-state index in [9.17, 15) is 26.5 Å². The van der Waals surface area contributed by atoms with Crippen LogP contribution in [0.15, 0.2) is 0 Å². The third-order valence-electron chi connectivity index (χ3n) is 3.09. The Bertz CT molecular complexity index is 448. The molecule has 18 heavy (non-hydrogen) atoms. The van der Waals surface area contributed by atoms with Crippen molar-refractivity contribution in [3.63, 3.8) is 0 Å². The highest BCUT2D eigenvalue weighted by Crippen LogP contribution is 2.39. The van der Waals surface area contributed by atoms with Crippen molar-refractivity contribution in [2.45, 2.75) is 36.7 Å². The van der Waals surface area contributed by atoms with Gasteiger partial charge >= 0.3 is 11.2 Å². The molecule has 1 heterocycles. The zero-order valence-electron chi connectivity index (χ0n) is 9.17. The van der Waals surface area contributed by atoms with Gasteiger partial charge in [0.25, 0.3) is 0 Å². The van der Waals surface area contributed by atoms with Crippen LogP contribution in [-0.4, -0.2) is 43.0 Å². The van der Waals surface area contributed by atoms with E-state index in [2.05, 4.69) is 4.74 Å². The van der Waals surface area contributed by atoms with E-state index < -0.39 is 33.9 Å². The summed E-state index contributed by atoms with van der Waals surface area (Å²) >= 11 is 0. The van der Waals surface area contributed by atoms with Crippen molar-refractivity contribution in [2.24, 2.45) is 5.92 Å². The minimum atomic E-state index is -5.82. The Morgan fingerprint density at radius 2 is 2.06 bits per heavy atom. The largest absolute Gasteiger partial charge is 0.743 e. The summed E-state index contributed by atoms with van der Waals surface area (Å²) < 4.78 is 65.4. The first-order chi connectivity index (χ1) is 8.21. The molecule has 0 spiro atoms. The molecule has 0 aromatic rings. The minimum absolute atomic E-state index is 0.0277. The summed E-state index contributed by atoms with van der Waals surface area (Å²) in [5.74, 6) is -1.48. The molecule has 0 radical (unpaired) electrons. The van der Waals surface area contributed by atoms with Crippen LogP contribution in [-0.2, 0) is 24.4 Å². The summed E-state index contributed by atoms with van der Waals surface area (Å²) in [6, 6.07) is 0. The van der Waals surface area contributed by atoms with Crippen LogP contribution >= 0.6 is 0 Å². The molecule has 1 saturated heterocycles. The summed E-state index contributed by atoms with van der Waals surface area (Å²) in [5, 5.41) is -4.59. The SMILES string of the molecule is O=C(OCC(F)(F)S(=O)(=O)[O-])C1CCC2OC2C1. The van der Waals surface area contributed by atoms with Crippen LogP contribution < -0.4 is 0 Å². The molecule has 1 saturated carbocycles. The molecule has 1 aliphatic heterocycles. The van der Waals surface area contributed by atoms with Crippen LogP contribution in [0.5, 0.6) is 0 Å². The van der Waals surface area contributed by atoms with Gasteiger partial charge in [0.15, 0.2) is 16.7 Å². The van der Waals surface area contributed by atoms with Crippen LogP contribution in [0.4, 0.5) is 8.78 Å². The Kier molecular flexibility index (Phi) is 3.32. The van der Waals surface area contributed by atoms with Gasteiger partial charge in [-0.2, -0.15) is 8.78 Å². The van der Waals surface area contributed by atoms with Crippen molar-refractivity contribution in [3.8, 4) is 0 Å². The van der Waals surface area contributed by atoms with Crippen LogP contribution in [0.3, 0.4) is 0 Å². The maximum atomic E-state index is 12.7. The zero-order chi connectivity index (χ0) is 13.6. The van der Waals surface area contributed by atoms with Crippen molar-refractivity contribution >= 4 is 16.1 Å². The Morgan fingerprint density at radius 3 is 2.61 bits per heavy atom. The number of rotatable bonds is 4. The van der Waals surface area contributed by atoms with Crippen molar-refractivity contribution < 1.29 is 36.0 Å². The van der Waals surface area contributed by atoms with E-state index in [0.717, 1.165) is 0 Å². The maximum absolute atomic E-state index is 12.7. The van der Waals surface area contributed by atoms with Gasteiger partial charge < -0.3 is 14.0 Å². The molecule has 2 fully saturated rings. The molecule has 2 rings (SSSR count). The first-order valence-electron chi connectivity index (χ1n) is 5.36. The zero-order valence-corrected chi connectivity index (χ0v) is 9.99. The summed E-state index contributed by atoms with van der Waals surface area (Å²) in [5.41, 5.74) is 0. The van der Waals surface area contributed by atoms with Crippen molar-refractivity contribution in [1.82, 2.24) is 0 Å². The van der Waals surface area contributed by atoms with Gasteiger partial charge in [-0.05, 0) is 19.3 Å². The fourth-order valence-corrected chi connectivity index (χ4v) is 2.17. The van der Waals surface area contributed by atoms with Crippen LogP contribution in [0.1, 0.15) is 19.3 Å². The summed E-state index contributed by atoms with van der Waals surface area (Å²) in [6.45, 7) is -1.73. The molecule has 1 aliphatic carbocycles. The number of epoxide rings is 1. The summed E-state index contributed by atoms with van der Waals surface area (Å²) in [7, 11) is -5.82. The van der Waals surface area contributed by atoms with E-state index in [1.165, 1.54) is 0 Å². The third-order valence-corrected chi connectivity index (χ3v) is 3.94. The number of halogens is 2. The fraction of sp³-hybridized carbons (Fsp3) is 0.889. The van der Waals surface area contributed by atoms with E-state index in [1.54, 1.807) is 0 Å². The lowest BCUT2D eigenvalue weighted by atomic mass is 9.89. The topological polar surface area (TPSA) is 96.0 Å². The second kappa shape index (κ2) is 4.39. The molecule has 0 aromatic carbocycles. The normalized spacial score (nSPS) is 31.6. The van der Waals surface area contributed by atoms with Crippen LogP contribution in [0.25, 0.3) is 0 Å². The molecule has 3 unspecified atom stereocenters. The predicted octanol–water partition coefficient (Wildman–Crippen LogP) is 0.235. The Hall–Kier alpha value is -0.800. The molecule has 104 valence electrons. The van der Waals surface area contributed by atoms with Crippen LogP contribution in [0, 0.1) is 5.92 Å². The van der Waals surface area contributed by atoms with E-state index >= 15 is 0 Å². The lowest BCUT2D eigenvalue weighted by molar-refractivity contribution is -0.155. The Morgan fingerprint density at radius 1 is 1.39 bits per heavy atom. The Labute approximate surface area is 102 Å². The van der Waals surface area contributed by atoms with Gasteiger partial charge in [0, 0.05) is 0 Å². The van der Waals surface area contributed by atoms with E-state index in [4.69, 9.17) is 4.74 Å². The quantitative estimate of drug-likeness (QED) is 0.417. The number of esters is 1. The highest BCUT2D eigenvalue weighted by Gasteiger charge is 2.47. The van der Waals surface area contributed by atoms with Gasteiger partial charge in [-0.15, -0.1) is 0 Å². The van der Waals surface area contributed by atoms with Gasteiger partial charge in [0.05, 0.1) is 18.1 Å². The lowest BCUT2D eigenvalue weighted by Gasteiger charge is -2.22. The molecule has 6 nitrogen and oxygen atoms in total. The average Bonchev–Trinajstić information content (AvgIpc) is 3.02. The third kappa shape index (κ3) is 2.78. The second-order valence-electron chi connectivity index (χ2n) is 4.42. The highest BCUT2D eigenvalue weighted by atomic mass is 32.2. The number of ether oxygens (including phenoxy) is 2. The van der Waals surface area contributed by atoms with Gasteiger partial charge in [-0.3, -0.25) is 4.79 Å². The summed E-state index contributed by atoms with van der Waals surface area (Å²) in [6.07, 6.45) is 1.62. The van der Waals surface area contributed by atoms with Crippen molar-refractivity contribution in [2.75, 3.05) is 6.61 Å². The second-order valence-corrected chi connectivity index (χ2v) is 5.93. The number of carbonyl (C=O) groups is 1. The molecule has 0 amide bonds. The molecule has 0 aromatic heterocycles. The summed E-state index contributed by atoms with van der Waals surface area (Å²) in [4.78, 5) is 11.4. The first-order valence-corrected chi connectivity index (χ1v) is 6.77. The number of fused-ring (bicyclic) bond motifs is 1. The number of carbonyl (C=O) groups excluding carboxylic acids is 1. The Balaban J connectivity index is 1.84. The van der Waals surface area contributed by atoms with Gasteiger partial charge in [-0.1, -0.05) is 0 Å². The molecular formula is C9H11F2O6S-. The maximum Gasteiger partial charge on any atom is 0.367 e. The number of hydrogen-bond donors (Lipinski definition) is 0. The van der Waals surface area contributed by atoms with Gasteiger partial charge in [-0.25, -0.2) is 8.42 Å². The van der Waals surface area contributed by atoms with Crippen molar-refractivity contribution in [3.05, 3.63) is 0 Å². The molecular weight excluding hydrogens is 274 g/mol. The average molecular weight is 285 g/mol. The molecule has 0 bridgehead atoms. The predicted molar refractivity (Wildman–Crippen MR) is 51.6 cm³/mol. The van der Waals surface area contributed by atoms with Crippen molar-refractivity contribution in [1.29, 1.82) is 0 Å². The molecule has 3 atom stereocenters. The van der Waals surface area contributed by atoms with Crippen LogP contribution in [0.2, 0.25) is 0 Å². The van der Waals surface area contributed by atoms with E-state index in [1.807, 2.05) is 0 Å². The van der Waals surface area contributed by atoms with Gasteiger partial charge in [0.1, 0.15) is 0 Å². The van der Waals surface area contributed by atoms with Gasteiger partial charge in [0.2, 0.25) is 0 Å². The van der Waals surface area contributed by atoms with E-state index in [0.29, 0.717) is 19.3 Å². The monoisotopic (exact) mass is 285 g/mol. The smallest absolute Gasteiger partial charge is 0.367 e. The number of hydrogen-bond acceptors (Lipinski definition) is 6. The first kappa shape index (κ1) is 13.6. The molecule has 9 heteroatoms. The standard InChI is InChI=1S/C9H12F2O6S/c10-9(11,18(13,14)15)4-16-8(12)5-1-2-6-7(3-5)17-6/h5-7H,1-4H2,(H,13,14,15)/p-1. The molecule has 2 aliphatic rings. The fourth-order valence-electron chi connectivity index (χ4n) is 1.96. The minimum Gasteiger partial charge on any atom is -0.743 e.